The van der Waals surface area contributed by atoms with Gasteiger partial charge in [-0.1, -0.05) is 11.8 Å². The van der Waals surface area contributed by atoms with Crippen molar-refractivity contribution in [1.29, 1.82) is 0 Å². The average Bonchev–Trinajstić information content (AvgIpc) is 2.95. The molecule has 0 bridgehead atoms. The van der Waals surface area contributed by atoms with Crippen LogP contribution in [0.25, 0.3) is 0 Å². The third-order valence-electron chi connectivity index (χ3n) is 2.89. The maximum absolute atomic E-state index is 5.37. The van der Waals surface area contributed by atoms with Crippen molar-refractivity contribution in [1.82, 2.24) is 9.97 Å². The number of benzene rings is 1. The standard InChI is InChI=1S/C14H16N4O2S/c1-3-15-12-7-13(18-14(17-12)21-2)16-9-4-5-10-11(6-9)20-8-19-10/h4-7H,3,8H2,1-2H3,(H2,15,16,17,18). The van der Waals surface area contributed by atoms with Crippen LogP contribution in [0, 0.1) is 0 Å². The molecule has 1 aromatic heterocycles. The van der Waals surface area contributed by atoms with E-state index in [9.17, 15) is 0 Å². The summed E-state index contributed by atoms with van der Waals surface area (Å²) in [5, 5.41) is 7.19. The van der Waals surface area contributed by atoms with E-state index in [1.807, 2.05) is 37.4 Å². The van der Waals surface area contributed by atoms with E-state index in [1.54, 1.807) is 0 Å². The molecule has 1 aromatic carbocycles. The second kappa shape index (κ2) is 6.09. The number of anilines is 3. The van der Waals surface area contributed by atoms with E-state index in [4.69, 9.17) is 9.47 Å². The Morgan fingerprint density at radius 2 is 1.95 bits per heavy atom. The van der Waals surface area contributed by atoms with E-state index >= 15 is 0 Å². The summed E-state index contributed by atoms with van der Waals surface area (Å²) in [5.41, 5.74) is 0.896. The Morgan fingerprint density at radius 3 is 2.76 bits per heavy atom. The van der Waals surface area contributed by atoms with Gasteiger partial charge < -0.3 is 20.1 Å². The second-order valence-corrected chi connectivity index (χ2v) is 5.12. The summed E-state index contributed by atoms with van der Waals surface area (Å²) in [6, 6.07) is 7.60. The molecule has 6 nitrogen and oxygen atoms in total. The number of nitrogens with one attached hydrogen (secondary N) is 2. The van der Waals surface area contributed by atoms with Gasteiger partial charge in [0.1, 0.15) is 11.6 Å². The minimum atomic E-state index is 0.271. The number of hydrogen-bond acceptors (Lipinski definition) is 7. The smallest absolute Gasteiger partial charge is 0.231 e. The van der Waals surface area contributed by atoms with Crippen molar-refractivity contribution >= 4 is 29.1 Å². The summed E-state index contributed by atoms with van der Waals surface area (Å²) in [7, 11) is 0. The molecule has 0 fully saturated rings. The van der Waals surface area contributed by atoms with Gasteiger partial charge in [-0.3, -0.25) is 0 Å². The molecule has 0 spiro atoms. The minimum absolute atomic E-state index is 0.271. The molecule has 1 aliphatic rings. The largest absolute Gasteiger partial charge is 0.454 e. The molecule has 0 unspecified atom stereocenters. The molecule has 3 rings (SSSR count). The van der Waals surface area contributed by atoms with E-state index in [2.05, 4.69) is 20.6 Å². The first-order valence-electron chi connectivity index (χ1n) is 6.62. The Morgan fingerprint density at radius 1 is 1.14 bits per heavy atom. The average molecular weight is 304 g/mol. The van der Waals surface area contributed by atoms with Gasteiger partial charge in [-0.25, -0.2) is 9.97 Å². The summed E-state index contributed by atoms with van der Waals surface area (Å²) >= 11 is 1.51. The molecule has 0 saturated heterocycles. The van der Waals surface area contributed by atoms with Crippen LogP contribution < -0.4 is 20.1 Å². The first-order valence-corrected chi connectivity index (χ1v) is 7.84. The monoisotopic (exact) mass is 304 g/mol. The zero-order valence-corrected chi connectivity index (χ0v) is 12.7. The van der Waals surface area contributed by atoms with E-state index < -0.39 is 0 Å². The van der Waals surface area contributed by atoms with Crippen LogP contribution >= 0.6 is 11.8 Å². The molecule has 0 aliphatic carbocycles. The predicted octanol–water partition coefficient (Wildman–Crippen LogP) is 3.10. The summed E-state index contributed by atoms with van der Waals surface area (Å²) in [4.78, 5) is 8.85. The number of ether oxygens (including phenoxy) is 2. The van der Waals surface area contributed by atoms with Crippen molar-refractivity contribution in [3.8, 4) is 11.5 Å². The lowest BCUT2D eigenvalue weighted by Gasteiger charge is -2.10. The van der Waals surface area contributed by atoms with Crippen LogP contribution in [0.1, 0.15) is 6.92 Å². The Bertz CT molecular complexity index is 651. The van der Waals surface area contributed by atoms with Crippen molar-refractivity contribution in [2.75, 3.05) is 30.2 Å². The molecular weight excluding hydrogens is 288 g/mol. The maximum Gasteiger partial charge on any atom is 0.231 e. The highest BCUT2D eigenvalue weighted by Gasteiger charge is 2.13. The molecule has 2 heterocycles. The molecule has 110 valence electrons. The Kier molecular flexibility index (Phi) is 4.01. The SMILES string of the molecule is CCNc1cc(Nc2ccc3c(c2)OCO3)nc(SC)n1. The number of fused-ring (bicyclic) bond motifs is 1. The lowest BCUT2D eigenvalue weighted by molar-refractivity contribution is 0.174. The van der Waals surface area contributed by atoms with Crippen LogP contribution in [0.2, 0.25) is 0 Å². The third kappa shape index (κ3) is 3.13. The van der Waals surface area contributed by atoms with Gasteiger partial charge in [-0.15, -0.1) is 0 Å². The lowest BCUT2D eigenvalue weighted by Crippen LogP contribution is -2.03. The molecule has 0 atom stereocenters. The molecule has 0 saturated carbocycles. The van der Waals surface area contributed by atoms with Crippen LogP contribution in [0.5, 0.6) is 11.5 Å². The van der Waals surface area contributed by atoms with Crippen molar-refractivity contribution in [2.45, 2.75) is 12.1 Å². The summed E-state index contributed by atoms with van der Waals surface area (Å²) in [6.07, 6.45) is 1.95. The topological polar surface area (TPSA) is 68.3 Å². The Balaban J connectivity index is 1.85. The van der Waals surface area contributed by atoms with Crippen molar-refractivity contribution in [2.24, 2.45) is 0 Å². The van der Waals surface area contributed by atoms with Crippen LogP contribution in [-0.4, -0.2) is 29.6 Å². The molecule has 21 heavy (non-hydrogen) atoms. The number of thioether (sulfide) groups is 1. The number of rotatable bonds is 5. The first-order chi connectivity index (χ1) is 10.3. The summed E-state index contributed by atoms with van der Waals surface area (Å²) in [5.74, 6) is 3.05. The third-order valence-corrected chi connectivity index (χ3v) is 3.44. The van der Waals surface area contributed by atoms with Gasteiger partial charge in [0.25, 0.3) is 0 Å². The van der Waals surface area contributed by atoms with Gasteiger partial charge in [0, 0.05) is 24.4 Å². The molecular formula is C14H16N4O2S. The molecule has 0 amide bonds. The van der Waals surface area contributed by atoms with Crippen LogP contribution in [-0.2, 0) is 0 Å². The fourth-order valence-electron chi connectivity index (χ4n) is 1.97. The van der Waals surface area contributed by atoms with E-state index in [0.29, 0.717) is 0 Å². The second-order valence-electron chi connectivity index (χ2n) is 4.35. The number of aromatic nitrogens is 2. The van der Waals surface area contributed by atoms with Gasteiger partial charge in [-0.05, 0) is 25.3 Å². The Labute approximate surface area is 127 Å². The first kappa shape index (κ1) is 13.8. The van der Waals surface area contributed by atoms with Crippen molar-refractivity contribution < 1.29 is 9.47 Å². The quantitative estimate of drug-likeness (QED) is 0.649. The number of hydrogen-bond donors (Lipinski definition) is 2. The summed E-state index contributed by atoms with van der Waals surface area (Å²) < 4.78 is 10.7. The van der Waals surface area contributed by atoms with Gasteiger partial charge >= 0.3 is 0 Å². The lowest BCUT2D eigenvalue weighted by atomic mass is 10.3. The van der Waals surface area contributed by atoms with Crippen molar-refractivity contribution in [3.63, 3.8) is 0 Å². The normalized spacial score (nSPS) is 12.3. The van der Waals surface area contributed by atoms with Crippen LogP contribution in [0.15, 0.2) is 29.4 Å². The maximum atomic E-state index is 5.37. The molecule has 2 N–H and O–H groups in total. The van der Waals surface area contributed by atoms with E-state index in [0.717, 1.165) is 40.5 Å². The van der Waals surface area contributed by atoms with Crippen LogP contribution in [0.4, 0.5) is 17.3 Å². The Hall–Kier alpha value is -2.15. The van der Waals surface area contributed by atoms with Gasteiger partial charge in [-0.2, -0.15) is 0 Å². The molecule has 0 radical (unpaired) electrons. The van der Waals surface area contributed by atoms with Crippen LogP contribution in [0.3, 0.4) is 0 Å². The zero-order valence-electron chi connectivity index (χ0n) is 11.8. The van der Waals surface area contributed by atoms with Gasteiger partial charge in [0.05, 0.1) is 0 Å². The molecule has 2 aromatic rings. The van der Waals surface area contributed by atoms with Gasteiger partial charge in [0.15, 0.2) is 16.7 Å². The van der Waals surface area contributed by atoms with Gasteiger partial charge in [0.2, 0.25) is 6.79 Å². The highest BCUT2D eigenvalue weighted by molar-refractivity contribution is 7.98. The zero-order chi connectivity index (χ0) is 14.7. The fourth-order valence-corrected chi connectivity index (χ4v) is 2.35. The highest BCUT2D eigenvalue weighted by Crippen LogP contribution is 2.35. The fraction of sp³-hybridized carbons (Fsp3) is 0.286. The predicted molar refractivity (Wildman–Crippen MR) is 83.8 cm³/mol. The highest BCUT2D eigenvalue weighted by atomic mass is 32.2. The molecule has 7 heteroatoms. The molecule has 1 aliphatic heterocycles. The number of nitrogens with zero attached hydrogens (tertiary/aromatic N) is 2. The van der Waals surface area contributed by atoms with E-state index in [1.165, 1.54) is 11.8 Å². The van der Waals surface area contributed by atoms with Crippen molar-refractivity contribution in [3.05, 3.63) is 24.3 Å². The summed E-state index contributed by atoms with van der Waals surface area (Å²) in [6.45, 7) is 3.12. The van der Waals surface area contributed by atoms with E-state index in [-0.39, 0.29) is 6.79 Å². The minimum Gasteiger partial charge on any atom is -0.454 e.